The molecule has 1 amide bonds. The monoisotopic (exact) mass is 307 g/mol. The number of rotatable bonds is 3. The summed E-state index contributed by atoms with van der Waals surface area (Å²) in [4.78, 5) is 16.5. The largest absolute Gasteiger partial charge is 0.399 e. The molecule has 1 heterocycles. The van der Waals surface area contributed by atoms with Crippen LogP contribution < -0.4 is 11.5 Å². The Morgan fingerprint density at radius 3 is 2.55 bits per heavy atom. The molecular weight excluding hydrogens is 294 g/mol. The second-order valence-corrected chi connectivity index (χ2v) is 5.91. The number of hydrogen-bond acceptors (Lipinski definition) is 4. The maximum Gasteiger partial charge on any atom is 0.249 e. The van der Waals surface area contributed by atoms with Crippen LogP contribution in [0.5, 0.6) is 0 Å². The number of anilines is 1. The van der Waals surface area contributed by atoms with Gasteiger partial charge in [-0.25, -0.2) is 4.98 Å². The first-order chi connectivity index (χ1) is 9.36. The molecule has 0 saturated heterocycles. The van der Waals surface area contributed by atoms with Gasteiger partial charge in [-0.2, -0.15) is 0 Å². The van der Waals surface area contributed by atoms with Crippen LogP contribution in [0.1, 0.15) is 21.6 Å². The second kappa shape index (κ2) is 5.73. The number of amides is 1. The minimum Gasteiger partial charge on any atom is -0.399 e. The summed E-state index contributed by atoms with van der Waals surface area (Å²) < 4.78 is 0. The number of benzene rings is 1. The minimum absolute atomic E-state index is 0.306. The molecule has 1 aromatic heterocycles. The van der Waals surface area contributed by atoms with E-state index in [2.05, 4.69) is 4.98 Å². The third-order valence-electron chi connectivity index (χ3n) is 2.61. The number of carbonyl (C=O) groups is 1. The van der Waals surface area contributed by atoms with Crippen molar-refractivity contribution in [3.63, 3.8) is 0 Å². The maximum atomic E-state index is 11.5. The molecule has 0 unspecified atom stereocenters. The Morgan fingerprint density at radius 1 is 1.25 bits per heavy atom. The summed E-state index contributed by atoms with van der Waals surface area (Å²) in [5, 5.41) is 1.15. The number of halogens is 1. The number of nitrogen functional groups attached to an aromatic ring is 1. The van der Waals surface area contributed by atoms with Gasteiger partial charge in [-0.1, -0.05) is 23.4 Å². The number of aromatic nitrogens is 1. The predicted octanol–water partition coefficient (Wildman–Crippen LogP) is 3.18. The zero-order chi connectivity index (χ0) is 14.9. The summed E-state index contributed by atoms with van der Waals surface area (Å²) in [6.07, 6.45) is 0. The van der Waals surface area contributed by atoms with E-state index in [1.54, 1.807) is 6.07 Å². The van der Waals surface area contributed by atoms with E-state index in [0.717, 1.165) is 16.3 Å². The summed E-state index contributed by atoms with van der Waals surface area (Å²) in [5.74, 6) is -0.564. The van der Waals surface area contributed by atoms with Crippen molar-refractivity contribution in [2.75, 3.05) is 5.73 Å². The maximum absolute atomic E-state index is 11.5. The fourth-order valence-corrected chi connectivity index (χ4v) is 3.28. The molecule has 0 atom stereocenters. The topological polar surface area (TPSA) is 82.0 Å². The van der Waals surface area contributed by atoms with Crippen molar-refractivity contribution in [1.82, 2.24) is 4.98 Å². The van der Waals surface area contributed by atoms with E-state index in [0.29, 0.717) is 21.2 Å². The lowest BCUT2D eigenvalue weighted by molar-refractivity contribution is 0.0997. The van der Waals surface area contributed by atoms with Gasteiger partial charge in [0, 0.05) is 16.3 Å². The van der Waals surface area contributed by atoms with Gasteiger partial charge in [-0.3, -0.25) is 4.79 Å². The van der Waals surface area contributed by atoms with Crippen LogP contribution in [0.25, 0.3) is 0 Å². The Labute approximate surface area is 126 Å². The molecule has 0 aliphatic carbocycles. The molecule has 1 aromatic carbocycles. The summed E-state index contributed by atoms with van der Waals surface area (Å²) in [5.41, 5.74) is 13.8. The van der Waals surface area contributed by atoms with Crippen molar-refractivity contribution in [3.05, 3.63) is 46.1 Å². The molecular formula is C14H14ClN3OS. The van der Waals surface area contributed by atoms with Gasteiger partial charge in [-0.05, 0) is 43.7 Å². The van der Waals surface area contributed by atoms with Crippen LogP contribution in [0.4, 0.5) is 5.69 Å². The Balaban J connectivity index is 2.50. The van der Waals surface area contributed by atoms with Crippen molar-refractivity contribution in [2.24, 2.45) is 5.73 Å². The Kier molecular flexibility index (Phi) is 4.20. The third kappa shape index (κ3) is 3.23. The minimum atomic E-state index is -0.564. The first-order valence-electron chi connectivity index (χ1n) is 5.89. The quantitative estimate of drug-likeness (QED) is 0.853. The van der Waals surface area contributed by atoms with Crippen LogP contribution in [0, 0.1) is 13.8 Å². The number of nitrogens with two attached hydrogens (primary N) is 2. The molecule has 4 nitrogen and oxygen atoms in total. The van der Waals surface area contributed by atoms with E-state index in [1.165, 1.54) is 17.8 Å². The fourth-order valence-electron chi connectivity index (χ4n) is 1.86. The van der Waals surface area contributed by atoms with E-state index in [9.17, 15) is 4.79 Å². The molecule has 0 radical (unpaired) electrons. The summed E-state index contributed by atoms with van der Waals surface area (Å²) in [6, 6.07) is 7.02. The zero-order valence-corrected chi connectivity index (χ0v) is 12.7. The Bertz CT molecular complexity index is 668. The Morgan fingerprint density at radius 2 is 1.95 bits per heavy atom. The SMILES string of the molecule is Cc1cc(C)nc(Sc2c(Cl)cc(N)cc2C(N)=O)c1. The highest BCUT2D eigenvalue weighted by Crippen LogP contribution is 2.37. The van der Waals surface area contributed by atoms with Crippen LogP contribution in [-0.2, 0) is 0 Å². The second-order valence-electron chi connectivity index (χ2n) is 4.47. The van der Waals surface area contributed by atoms with Gasteiger partial charge in [0.05, 0.1) is 10.6 Å². The lowest BCUT2D eigenvalue weighted by Gasteiger charge is -2.10. The molecule has 4 N–H and O–H groups in total. The van der Waals surface area contributed by atoms with Gasteiger partial charge in [0.25, 0.3) is 0 Å². The average molecular weight is 308 g/mol. The normalized spacial score (nSPS) is 10.6. The fraction of sp³-hybridized carbons (Fsp3) is 0.143. The van der Waals surface area contributed by atoms with Crippen molar-refractivity contribution in [3.8, 4) is 0 Å². The lowest BCUT2D eigenvalue weighted by atomic mass is 10.2. The van der Waals surface area contributed by atoms with Gasteiger partial charge in [0.1, 0.15) is 5.03 Å². The number of aryl methyl sites for hydroxylation is 2. The summed E-state index contributed by atoms with van der Waals surface area (Å²) >= 11 is 7.48. The third-order valence-corrected chi connectivity index (χ3v) is 4.08. The van der Waals surface area contributed by atoms with E-state index >= 15 is 0 Å². The van der Waals surface area contributed by atoms with Crippen LogP contribution >= 0.6 is 23.4 Å². The standard InChI is InChI=1S/C14H14ClN3OS/c1-7-3-8(2)18-12(4-7)20-13-10(14(17)19)5-9(16)6-11(13)15/h3-6H,16H2,1-2H3,(H2,17,19). The molecule has 0 aliphatic rings. The molecule has 104 valence electrons. The van der Waals surface area contributed by atoms with Crippen molar-refractivity contribution in [1.29, 1.82) is 0 Å². The molecule has 2 rings (SSSR count). The van der Waals surface area contributed by atoms with Crippen LogP contribution in [0.3, 0.4) is 0 Å². The van der Waals surface area contributed by atoms with Crippen molar-refractivity contribution in [2.45, 2.75) is 23.8 Å². The highest BCUT2D eigenvalue weighted by Gasteiger charge is 2.15. The van der Waals surface area contributed by atoms with Gasteiger partial charge in [0.2, 0.25) is 5.91 Å². The van der Waals surface area contributed by atoms with Gasteiger partial charge in [0.15, 0.2) is 0 Å². The number of pyridine rings is 1. The molecule has 20 heavy (non-hydrogen) atoms. The number of primary amides is 1. The highest BCUT2D eigenvalue weighted by molar-refractivity contribution is 7.99. The summed E-state index contributed by atoms with van der Waals surface area (Å²) in [6.45, 7) is 3.90. The van der Waals surface area contributed by atoms with Gasteiger partial charge in [-0.15, -0.1) is 0 Å². The van der Waals surface area contributed by atoms with E-state index in [1.807, 2.05) is 26.0 Å². The molecule has 0 bridgehead atoms. The highest BCUT2D eigenvalue weighted by atomic mass is 35.5. The number of hydrogen-bond donors (Lipinski definition) is 2. The molecule has 0 aliphatic heterocycles. The average Bonchev–Trinajstić information content (AvgIpc) is 2.30. The van der Waals surface area contributed by atoms with Crippen LogP contribution in [0.2, 0.25) is 5.02 Å². The molecule has 0 saturated carbocycles. The predicted molar refractivity (Wildman–Crippen MR) is 82.2 cm³/mol. The van der Waals surface area contributed by atoms with E-state index in [4.69, 9.17) is 23.1 Å². The summed E-state index contributed by atoms with van der Waals surface area (Å²) in [7, 11) is 0. The van der Waals surface area contributed by atoms with Crippen molar-refractivity contribution >= 4 is 35.0 Å². The van der Waals surface area contributed by atoms with E-state index < -0.39 is 5.91 Å². The smallest absolute Gasteiger partial charge is 0.249 e. The molecule has 2 aromatic rings. The van der Waals surface area contributed by atoms with Gasteiger partial charge < -0.3 is 11.5 Å². The first-order valence-corrected chi connectivity index (χ1v) is 7.08. The van der Waals surface area contributed by atoms with Crippen LogP contribution in [0.15, 0.2) is 34.2 Å². The number of carbonyl (C=O) groups excluding carboxylic acids is 1. The first kappa shape index (κ1) is 14.7. The molecule has 0 spiro atoms. The van der Waals surface area contributed by atoms with Crippen molar-refractivity contribution < 1.29 is 4.79 Å². The number of nitrogens with zero attached hydrogens (tertiary/aromatic N) is 1. The Hall–Kier alpha value is -1.72. The zero-order valence-electron chi connectivity index (χ0n) is 11.1. The van der Waals surface area contributed by atoms with E-state index in [-0.39, 0.29) is 0 Å². The van der Waals surface area contributed by atoms with Crippen LogP contribution in [-0.4, -0.2) is 10.9 Å². The molecule has 6 heteroatoms. The lowest BCUT2D eigenvalue weighted by Crippen LogP contribution is -2.13. The van der Waals surface area contributed by atoms with Gasteiger partial charge >= 0.3 is 0 Å². The molecule has 0 fully saturated rings.